The van der Waals surface area contributed by atoms with Crippen LogP contribution in [0.4, 0.5) is 11.4 Å². The topological polar surface area (TPSA) is 52.0 Å². The van der Waals surface area contributed by atoms with E-state index < -0.39 is 0 Å². The molecule has 0 aliphatic heterocycles. The van der Waals surface area contributed by atoms with Crippen molar-refractivity contribution >= 4 is 11.4 Å². The van der Waals surface area contributed by atoms with E-state index in [1.54, 1.807) is 11.1 Å². The number of aryl methyl sites for hydroxylation is 4. The fourth-order valence-electron chi connectivity index (χ4n) is 6.92. The van der Waals surface area contributed by atoms with Crippen LogP contribution < -0.4 is 11.5 Å². The van der Waals surface area contributed by atoms with Crippen LogP contribution in [0.1, 0.15) is 120 Å². The largest absolute Gasteiger partial charge is 0.399 e. The van der Waals surface area contributed by atoms with E-state index in [0.717, 1.165) is 24.2 Å². The molecule has 2 nitrogen and oxygen atoms in total. The van der Waals surface area contributed by atoms with Crippen LogP contribution in [0, 0.1) is 27.7 Å². The Balaban J connectivity index is 1.04. The SMILES string of the molecule is Cc1cc(Cc2ccc(N)cc2)cc(C)c1CCCCCCCCCCCCc1c(C)cc(Cc2ccc(N)cc2)cc1C. The zero-order valence-electron chi connectivity index (χ0n) is 28.0. The molecule has 0 atom stereocenters. The summed E-state index contributed by atoms with van der Waals surface area (Å²) >= 11 is 0. The van der Waals surface area contributed by atoms with Gasteiger partial charge >= 0.3 is 0 Å². The van der Waals surface area contributed by atoms with Crippen LogP contribution in [0.3, 0.4) is 0 Å². The Labute approximate surface area is 268 Å². The molecule has 4 N–H and O–H groups in total. The Morgan fingerprint density at radius 1 is 0.364 bits per heavy atom. The van der Waals surface area contributed by atoms with E-state index in [9.17, 15) is 0 Å². The summed E-state index contributed by atoms with van der Waals surface area (Å²) in [5.74, 6) is 0. The summed E-state index contributed by atoms with van der Waals surface area (Å²) in [6.45, 7) is 9.16. The van der Waals surface area contributed by atoms with Gasteiger partial charge in [0.2, 0.25) is 0 Å². The van der Waals surface area contributed by atoms with Crippen molar-refractivity contribution in [2.75, 3.05) is 11.5 Å². The number of nitrogens with two attached hydrogens (primary N) is 2. The van der Waals surface area contributed by atoms with E-state index in [-0.39, 0.29) is 0 Å². The predicted octanol–water partition coefficient (Wildman–Crippen LogP) is 11.0. The second-order valence-electron chi connectivity index (χ2n) is 13.3. The molecule has 0 aliphatic rings. The first-order valence-corrected chi connectivity index (χ1v) is 17.2. The van der Waals surface area contributed by atoms with Crippen LogP contribution in [0.2, 0.25) is 0 Å². The minimum absolute atomic E-state index is 0.831. The van der Waals surface area contributed by atoms with Gasteiger partial charge in [-0.3, -0.25) is 0 Å². The number of anilines is 2. The Morgan fingerprint density at radius 3 is 0.932 bits per heavy atom. The molecule has 0 fully saturated rings. The number of benzene rings is 4. The molecule has 0 saturated carbocycles. The minimum atomic E-state index is 0.831. The van der Waals surface area contributed by atoms with Gasteiger partial charge in [0.15, 0.2) is 0 Å². The van der Waals surface area contributed by atoms with E-state index in [4.69, 9.17) is 11.5 Å². The van der Waals surface area contributed by atoms with Crippen molar-refractivity contribution in [2.24, 2.45) is 0 Å². The van der Waals surface area contributed by atoms with Crippen LogP contribution in [0.15, 0.2) is 72.8 Å². The van der Waals surface area contributed by atoms with Gasteiger partial charge in [-0.25, -0.2) is 0 Å². The maximum atomic E-state index is 5.85. The van der Waals surface area contributed by atoms with Crippen molar-refractivity contribution in [1.29, 1.82) is 0 Å². The van der Waals surface area contributed by atoms with E-state index in [1.807, 2.05) is 24.3 Å². The Bertz CT molecular complexity index is 1290. The molecule has 4 aromatic carbocycles. The third kappa shape index (κ3) is 10.6. The number of hydrogen-bond donors (Lipinski definition) is 2. The van der Waals surface area contributed by atoms with Gasteiger partial charge in [0.1, 0.15) is 0 Å². The highest BCUT2D eigenvalue weighted by atomic mass is 14.5. The lowest BCUT2D eigenvalue weighted by molar-refractivity contribution is 0.550. The zero-order chi connectivity index (χ0) is 31.3. The maximum Gasteiger partial charge on any atom is 0.0314 e. The second-order valence-corrected chi connectivity index (χ2v) is 13.3. The van der Waals surface area contributed by atoms with Gasteiger partial charge in [0, 0.05) is 11.4 Å². The maximum absolute atomic E-state index is 5.85. The standard InChI is InChI=1S/C42H56N2/c1-31-25-37(29-35-17-21-39(43)22-18-35)26-32(2)41(31)15-13-11-9-7-5-6-8-10-12-14-16-42-33(3)27-38(28-34(42)4)30-36-19-23-40(44)24-20-36/h17-28H,5-16,29-30,43-44H2,1-4H3. The molecule has 4 aromatic rings. The molecule has 4 rings (SSSR count). The van der Waals surface area contributed by atoms with Crippen LogP contribution in [-0.2, 0) is 25.7 Å². The fourth-order valence-corrected chi connectivity index (χ4v) is 6.92. The van der Waals surface area contributed by atoms with Gasteiger partial charge in [-0.15, -0.1) is 0 Å². The van der Waals surface area contributed by atoms with Crippen LogP contribution in [-0.4, -0.2) is 0 Å². The van der Waals surface area contributed by atoms with Gasteiger partial charge in [-0.2, -0.15) is 0 Å². The van der Waals surface area contributed by atoms with Gasteiger partial charge in [-0.1, -0.05) is 99.9 Å². The smallest absolute Gasteiger partial charge is 0.0314 e. The minimum Gasteiger partial charge on any atom is -0.399 e. The summed E-state index contributed by atoms with van der Waals surface area (Å²) in [5, 5.41) is 0. The molecule has 0 radical (unpaired) electrons. The summed E-state index contributed by atoms with van der Waals surface area (Å²) in [7, 11) is 0. The van der Waals surface area contributed by atoms with Gasteiger partial charge in [0.05, 0.1) is 0 Å². The fraction of sp³-hybridized carbons (Fsp3) is 0.429. The van der Waals surface area contributed by atoms with Crippen LogP contribution in [0.5, 0.6) is 0 Å². The van der Waals surface area contributed by atoms with Crippen molar-refractivity contribution in [2.45, 2.75) is 118 Å². The van der Waals surface area contributed by atoms with Gasteiger partial charge in [-0.05, 0) is 146 Å². The number of nitrogen functional groups attached to an aromatic ring is 2. The lowest BCUT2D eigenvalue weighted by atomic mass is 9.92. The van der Waals surface area contributed by atoms with E-state index in [2.05, 4.69) is 76.2 Å². The average molecular weight is 589 g/mol. The molecule has 0 bridgehead atoms. The van der Waals surface area contributed by atoms with E-state index in [1.165, 1.54) is 122 Å². The number of rotatable bonds is 17. The van der Waals surface area contributed by atoms with E-state index >= 15 is 0 Å². The molecule has 0 aromatic heterocycles. The zero-order valence-corrected chi connectivity index (χ0v) is 28.0. The molecule has 0 saturated heterocycles. The summed E-state index contributed by atoms with van der Waals surface area (Å²) in [5.41, 5.74) is 27.7. The van der Waals surface area contributed by atoms with Crippen LogP contribution in [0.25, 0.3) is 0 Å². The lowest BCUT2D eigenvalue weighted by Crippen LogP contribution is -1.98. The molecular weight excluding hydrogens is 532 g/mol. The number of unbranched alkanes of at least 4 members (excludes halogenated alkanes) is 9. The normalized spacial score (nSPS) is 11.3. The highest BCUT2D eigenvalue weighted by Crippen LogP contribution is 2.24. The van der Waals surface area contributed by atoms with Gasteiger partial charge in [0.25, 0.3) is 0 Å². The monoisotopic (exact) mass is 588 g/mol. The molecule has 0 amide bonds. The highest BCUT2D eigenvalue weighted by molar-refractivity contribution is 5.44. The predicted molar refractivity (Wildman–Crippen MR) is 193 cm³/mol. The average Bonchev–Trinajstić information content (AvgIpc) is 2.98. The molecule has 2 heteroatoms. The third-order valence-electron chi connectivity index (χ3n) is 9.39. The quantitative estimate of drug-likeness (QED) is 0.0952. The van der Waals surface area contributed by atoms with Crippen LogP contribution >= 0.6 is 0 Å². The first-order valence-electron chi connectivity index (χ1n) is 17.2. The van der Waals surface area contributed by atoms with Crippen molar-refractivity contribution in [3.05, 3.63) is 128 Å². The Hall–Kier alpha value is -3.52. The third-order valence-corrected chi connectivity index (χ3v) is 9.39. The second kappa shape index (κ2) is 17.1. The highest BCUT2D eigenvalue weighted by Gasteiger charge is 2.08. The van der Waals surface area contributed by atoms with Crippen molar-refractivity contribution in [3.8, 4) is 0 Å². The molecule has 0 heterocycles. The first-order chi connectivity index (χ1) is 21.3. The summed E-state index contributed by atoms with van der Waals surface area (Å²) in [4.78, 5) is 0. The molecule has 234 valence electrons. The molecule has 0 unspecified atom stereocenters. The summed E-state index contributed by atoms with van der Waals surface area (Å²) in [6, 6.07) is 26.1. The van der Waals surface area contributed by atoms with Crippen molar-refractivity contribution < 1.29 is 0 Å². The number of hydrogen-bond acceptors (Lipinski definition) is 2. The van der Waals surface area contributed by atoms with Crippen molar-refractivity contribution in [3.63, 3.8) is 0 Å². The lowest BCUT2D eigenvalue weighted by Gasteiger charge is -2.13. The first kappa shape index (κ1) is 33.4. The Kier molecular flexibility index (Phi) is 13.0. The van der Waals surface area contributed by atoms with Gasteiger partial charge < -0.3 is 11.5 Å². The van der Waals surface area contributed by atoms with Crippen molar-refractivity contribution in [1.82, 2.24) is 0 Å². The van der Waals surface area contributed by atoms with E-state index in [0.29, 0.717) is 0 Å². The summed E-state index contributed by atoms with van der Waals surface area (Å²) < 4.78 is 0. The molecule has 0 spiro atoms. The Morgan fingerprint density at radius 2 is 0.636 bits per heavy atom. The molecule has 44 heavy (non-hydrogen) atoms. The molecule has 0 aliphatic carbocycles. The summed E-state index contributed by atoms with van der Waals surface area (Å²) in [6.07, 6.45) is 18.0. The molecular formula is C42H56N2.